The first kappa shape index (κ1) is 10.9. The van der Waals surface area contributed by atoms with Crippen molar-refractivity contribution in [1.82, 2.24) is 0 Å². The van der Waals surface area contributed by atoms with Crippen molar-refractivity contribution in [3.05, 3.63) is 12.2 Å². The van der Waals surface area contributed by atoms with Crippen molar-refractivity contribution in [1.29, 1.82) is 0 Å². The molecular formula is C19H24FeO2S. The van der Waals surface area contributed by atoms with E-state index < -0.39 is 6.51 Å². The Morgan fingerprint density at radius 3 is 2.17 bits per heavy atom. The molecule has 0 aromatic heterocycles. The van der Waals surface area contributed by atoms with Gasteiger partial charge >= 0.3 is 131 Å². The van der Waals surface area contributed by atoms with Gasteiger partial charge in [-0.1, -0.05) is 0 Å². The third-order valence-corrected chi connectivity index (χ3v) is 63.7. The van der Waals surface area contributed by atoms with Crippen LogP contribution in [-0.2, 0) is 16.0 Å². The summed E-state index contributed by atoms with van der Waals surface area (Å²) in [5.74, 6) is -0.0839. The van der Waals surface area contributed by atoms with E-state index in [2.05, 4.69) is 38.6 Å². The van der Waals surface area contributed by atoms with Crippen LogP contribution in [0, 0.1) is 0 Å². The number of ether oxygens (including phenoxy) is 1. The first-order valence-electron chi connectivity index (χ1n) is 9.37. The average Bonchev–Trinajstić information content (AvgIpc) is 3.39. The van der Waals surface area contributed by atoms with Gasteiger partial charge in [0.2, 0.25) is 0 Å². The van der Waals surface area contributed by atoms with E-state index in [1.165, 1.54) is 38.5 Å². The molecule has 5 atom stereocenters. The van der Waals surface area contributed by atoms with Crippen molar-refractivity contribution >= 4 is 17.7 Å². The van der Waals surface area contributed by atoms with E-state index in [-0.39, 0.29) is 5.97 Å². The van der Waals surface area contributed by atoms with Crippen molar-refractivity contribution in [2.45, 2.75) is 78.9 Å². The normalized spacial score (nSPS) is 95.3. The second kappa shape index (κ2) is 1.09. The van der Waals surface area contributed by atoms with E-state index in [0.717, 1.165) is 3.65 Å². The van der Waals surface area contributed by atoms with E-state index in [4.69, 9.17) is 4.74 Å². The fraction of sp³-hybridized carbons (Fsp3) is 0.842. The van der Waals surface area contributed by atoms with Gasteiger partial charge in [0.1, 0.15) is 0 Å². The summed E-state index contributed by atoms with van der Waals surface area (Å²) in [6.45, 7) is 6.37. The number of carbonyl (C=O) groups excluding carboxylic acids is 1. The van der Waals surface area contributed by atoms with E-state index >= 15 is 0 Å². The fourth-order valence-electron chi connectivity index (χ4n) is 18.1. The Balaban J connectivity index is 1.31. The number of carbonyl (C=O) groups is 1. The van der Waals surface area contributed by atoms with E-state index in [0.29, 0.717) is 15.7 Å². The van der Waals surface area contributed by atoms with Crippen molar-refractivity contribution in [2.75, 3.05) is 6.61 Å². The Kier molecular flexibility index (Phi) is 0.516. The van der Waals surface area contributed by atoms with Gasteiger partial charge in [-0.05, 0) is 0 Å². The number of esters is 1. The second-order valence-corrected chi connectivity index (χ2v) is 38.7. The summed E-state index contributed by atoms with van der Waals surface area (Å²) in [7, 11) is 0. The molecule has 10 aliphatic heterocycles. The van der Waals surface area contributed by atoms with Gasteiger partial charge in [-0.25, -0.2) is 0 Å². The van der Waals surface area contributed by atoms with Gasteiger partial charge in [-0.2, -0.15) is 0 Å². The van der Waals surface area contributed by atoms with Crippen molar-refractivity contribution in [3.63, 3.8) is 0 Å². The molecule has 4 heteroatoms. The molecule has 23 heavy (non-hydrogen) atoms. The molecule has 0 aromatic rings. The first-order valence-corrected chi connectivity index (χ1v) is 16.4. The molecule has 0 amide bonds. The monoisotopic (exact) mass is 372 g/mol. The topological polar surface area (TPSA) is 26.3 Å². The molecule has 10 aliphatic rings. The molecule has 0 N–H and O–H groups in total. The van der Waals surface area contributed by atoms with Crippen LogP contribution in [0.15, 0.2) is 12.2 Å². The van der Waals surface area contributed by atoms with Crippen LogP contribution >= 0.6 is 11.8 Å². The van der Waals surface area contributed by atoms with Crippen molar-refractivity contribution < 1.29 is 16.0 Å². The molecule has 10 fully saturated rings. The van der Waals surface area contributed by atoms with E-state index in [9.17, 15) is 4.79 Å². The summed E-state index contributed by atoms with van der Waals surface area (Å²) in [5.41, 5.74) is 0. The van der Waals surface area contributed by atoms with Gasteiger partial charge in [0.05, 0.1) is 0 Å². The first-order chi connectivity index (χ1) is 10.6. The van der Waals surface area contributed by atoms with Crippen LogP contribution in [0.25, 0.3) is 0 Å². The SMILES string of the molecule is CCOC(=O)C=C[C]12[CH]3[CH]4[CH]5[C]1(SC(C)(C)C)[Fe]43521678[CH]2[CH]1[CH]6[CH]7[CH]28. The second-order valence-electron chi connectivity index (χ2n) is 13.0. The quantitative estimate of drug-likeness (QED) is 0.380. The Hall–Kier alpha value is 0.0795. The minimum atomic E-state index is -3.35. The Bertz CT molecular complexity index is 1180. The minimum absolute atomic E-state index is 0.0839. The molecule has 1 spiro atoms. The average molecular weight is 372 g/mol. The number of allylic oxidation sites excluding steroid dienone is 1. The molecule has 10 heterocycles. The predicted octanol–water partition coefficient (Wildman–Crippen LogP) is 5.30. The molecule has 10 rings (SSSR count). The summed E-state index contributed by atoms with van der Waals surface area (Å²) in [6, 6.07) is 0. The maximum atomic E-state index is 12.1. The van der Waals surface area contributed by atoms with Crippen LogP contribution in [0.5, 0.6) is 0 Å². The molecule has 2 nitrogen and oxygen atoms in total. The summed E-state index contributed by atoms with van der Waals surface area (Å²) in [6.07, 6.45) is 4.40. The number of hydrogen-bond acceptors (Lipinski definition) is 3. The summed E-state index contributed by atoms with van der Waals surface area (Å²) in [5, 5.41) is 0. The number of rotatable bonds is 4. The standard InChI is InChI=1S/C14H19O2S.C5H5.Fe/c1-5-16-13(15)10-9-11-7-6-8-12(11)17-14(2,3)4;1-2-4-5-3-1;/h6-10H,5H2,1-4H3;1-5H;. The van der Waals surface area contributed by atoms with Gasteiger partial charge in [0.15, 0.2) is 0 Å². The van der Waals surface area contributed by atoms with E-state index in [1.807, 2.05) is 13.0 Å². The summed E-state index contributed by atoms with van der Waals surface area (Å²) < 4.78 is 6.95. The Labute approximate surface area is 131 Å². The van der Waals surface area contributed by atoms with E-state index in [1.54, 1.807) is 0 Å². The van der Waals surface area contributed by atoms with Crippen molar-refractivity contribution in [2.24, 2.45) is 0 Å². The molecule has 0 saturated carbocycles. The molecule has 10 saturated heterocycles. The molecule has 126 valence electrons. The zero-order chi connectivity index (χ0) is 15.5. The number of fused-ring (bicyclic) bond motifs is 10. The number of thioether (sulfide) groups is 1. The van der Waals surface area contributed by atoms with Gasteiger partial charge < -0.3 is 0 Å². The van der Waals surface area contributed by atoms with Gasteiger partial charge in [0.25, 0.3) is 0 Å². The van der Waals surface area contributed by atoms with Crippen LogP contribution in [-0.4, -0.2) is 21.0 Å². The Morgan fingerprint density at radius 2 is 1.74 bits per heavy atom. The molecular weight excluding hydrogens is 348 g/mol. The van der Waals surface area contributed by atoms with Gasteiger partial charge in [-0.3, -0.25) is 0 Å². The van der Waals surface area contributed by atoms with Crippen LogP contribution < -0.4 is 0 Å². The zero-order valence-electron chi connectivity index (χ0n) is 14.1. The molecule has 0 radical (unpaired) electrons. The van der Waals surface area contributed by atoms with Gasteiger partial charge in [-0.15, -0.1) is 0 Å². The van der Waals surface area contributed by atoms with Crippen LogP contribution in [0.4, 0.5) is 0 Å². The van der Waals surface area contributed by atoms with Crippen LogP contribution in [0.1, 0.15) is 27.7 Å². The zero-order valence-corrected chi connectivity index (χ0v) is 16.0. The molecule has 0 aliphatic carbocycles. The Morgan fingerprint density at radius 1 is 1.13 bits per heavy atom. The van der Waals surface area contributed by atoms with Crippen LogP contribution in [0.2, 0.25) is 42.8 Å². The molecule has 0 aromatic carbocycles. The number of hydrogen-bond donors (Lipinski definition) is 0. The molecule has 5 unspecified atom stereocenters. The van der Waals surface area contributed by atoms with Gasteiger partial charge in [0, 0.05) is 0 Å². The maximum absolute atomic E-state index is 12.1. The summed E-state index contributed by atoms with van der Waals surface area (Å²) in [4.78, 5) is 22.1. The molecule has 0 bridgehead atoms. The third kappa shape index (κ3) is 0.152. The summed E-state index contributed by atoms with van der Waals surface area (Å²) >= 11 is 2.43. The van der Waals surface area contributed by atoms with Crippen molar-refractivity contribution in [3.8, 4) is 0 Å². The third-order valence-electron chi connectivity index (χ3n) is 16.0. The predicted molar refractivity (Wildman–Crippen MR) is 88.5 cm³/mol. The van der Waals surface area contributed by atoms with Crippen LogP contribution in [0.3, 0.4) is 0 Å². The fourth-order valence-corrected chi connectivity index (χ4v) is 103.